The zero-order valence-electron chi connectivity index (χ0n) is 13.1. The summed E-state index contributed by atoms with van der Waals surface area (Å²) in [6.07, 6.45) is 0. The van der Waals surface area contributed by atoms with Crippen molar-refractivity contribution in [3.8, 4) is 0 Å². The third-order valence-corrected chi connectivity index (χ3v) is 5.19. The molecule has 0 atom stereocenters. The van der Waals surface area contributed by atoms with Gasteiger partial charge in [-0.3, -0.25) is 4.79 Å². The molecule has 0 spiro atoms. The maximum atomic E-state index is 13.2. The van der Waals surface area contributed by atoms with Crippen LogP contribution in [0, 0.1) is 12.7 Å². The molecule has 124 valence electrons. The minimum atomic E-state index is -0.521. The Hall–Kier alpha value is -2.50. The molecule has 0 aliphatic carbocycles. The summed E-state index contributed by atoms with van der Waals surface area (Å²) in [5, 5.41) is 4.66. The molecule has 1 amide bonds. The molecule has 3 nitrogen and oxygen atoms in total. The molecule has 6 heteroatoms. The zero-order valence-corrected chi connectivity index (χ0v) is 14.7. The number of hydrogen-bond donors (Lipinski definition) is 1. The minimum Gasteiger partial charge on any atom is -0.321 e. The van der Waals surface area contributed by atoms with E-state index >= 15 is 0 Å². The van der Waals surface area contributed by atoms with Crippen LogP contribution in [0.25, 0.3) is 21.1 Å². The number of carbonyl (C=O) groups is 1. The summed E-state index contributed by atoms with van der Waals surface area (Å²) in [4.78, 5) is 18.4. The zero-order chi connectivity index (χ0) is 17.6. The Morgan fingerprint density at radius 3 is 2.76 bits per heavy atom. The highest BCUT2D eigenvalue weighted by Gasteiger charge is 2.13. The number of anilines is 1. The number of thiophene rings is 1. The van der Waals surface area contributed by atoms with Crippen molar-refractivity contribution in [1.29, 1.82) is 0 Å². The number of hydrogen-bond acceptors (Lipinski definition) is 3. The number of fused-ring (bicyclic) bond motifs is 2. The SMILES string of the molecule is Cc1ccc2cc3cc(C(=O)Nc4ccc(F)c(Cl)c4)sc3nc2c1. The fourth-order valence-corrected chi connectivity index (χ4v) is 3.71. The lowest BCUT2D eigenvalue weighted by Crippen LogP contribution is -2.10. The van der Waals surface area contributed by atoms with Crippen LogP contribution < -0.4 is 5.32 Å². The molecule has 0 fully saturated rings. The van der Waals surface area contributed by atoms with Crippen molar-refractivity contribution >= 4 is 55.7 Å². The molecule has 0 saturated heterocycles. The number of rotatable bonds is 2. The molecule has 1 N–H and O–H groups in total. The van der Waals surface area contributed by atoms with Gasteiger partial charge in [-0.05, 0) is 48.9 Å². The normalized spacial score (nSPS) is 11.2. The molecule has 0 saturated carbocycles. The highest BCUT2D eigenvalue weighted by molar-refractivity contribution is 7.20. The lowest BCUT2D eigenvalue weighted by molar-refractivity contribution is 0.103. The highest BCUT2D eigenvalue weighted by Crippen LogP contribution is 2.29. The van der Waals surface area contributed by atoms with Gasteiger partial charge in [-0.1, -0.05) is 23.7 Å². The molecule has 4 rings (SSSR count). The van der Waals surface area contributed by atoms with E-state index in [0.29, 0.717) is 10.6 Å². The van der Waals surface area contributed by atoms with Crippen LogP contribution in [0.15, 0.2) is 48.5 Å². The van der Waals surface area contributed by atoms with Crippen molar-refractivity contribution in [1.82, 2.24) is 4.98 Å². The first-order valence-corrected chi connectivity index (χ1v) is 8.76. The largest absolute Gasteiger partial charge is 0.321 e. The third kappa shape index (κ3) is 3.08. The Labute approximate surface area is 152 Å². The van der Waals surface area contributed by atoms with Crippen molar-refractivity contribution in [3.05, 3.63) is 69.8 Å². The van der Waals surface area contributed by atoms with Gasteiger partial charge in [-0.25, -0.2) is 9.37 Å². The number of amides is 1. The second-order valence-corrected chi connectivity index (χ2v) is 7.21. The summed E-state index contributed by atoms with van der Waals surface area (Å²) in [5.41, 5.74) is 2.50. The van der Waals surface area contributed by atoms with Crippen molar-refractivity contribution in [2.24, 2.45) is 0 Å². The Kier molecular flexibility index (Phi) is 3.90. The third-order valence-electron chi connectivity index (χ3n) is 3.86. The Morgan fingerprint density at radius 2 is 1.96 bits per heavy atom. The fourth-order valence-electron chi connectivity index (χ4n) is 2.61. The van der Waals surface area contributed by atoms with E-state index in [1.54, 1.807) is 0 Å². The summed E-state index contributed by atoms with van der Waals surface area (Å²) >= 11 is 7.07. The first-order valence-electron chi connectivity index (χ1n) is 7.57. The molecule has 0 bridgehead atoms. The van der Waals surface area contributed by atoms with Gasteiger partial charge in [0, 0.05) is 16.5 Å². The van der Waals surface area contributed by atoms with Crippen molar-refractivity contribution in [2.75, 3.05) is 5.32 Å². The first-order chi connectivity index (χ1) is 12.0. The van der Waals surface area contributed by atoms with Crippen LogP contribution in [0.4, 0.5) is 10.1 Å². The molecular weight excluding hydrogens is 359 g/mol. The van der Waals surface area contributed by atoms with E-state index in [1.165, 1.54) is 29.5 Å². The highest BCUT2D eigenvalue weighted by atomic mass is 35.5. The van der Waals surface area contributed by atoms with Crippen LogP contribution in [0.1, 0.15) is 15.2 Å². The summed E-state index contributed by atoms with van der Waals surface area (Å²) < 4.78 is 13.2. The Morgan fingerprint density at radius 1 is 1.12 bits per heavy atom. The van der Waals surface area contributed by atoms with E-state index in [2.05, 4.69) is 10.3 Å². The Balaban J connectivity index is 1.69. The number of aryl methyl sites for hydroxylation is 1. The minimum absolute atomic E-state index is 0.0302. The second kappa shape index (κ2) is 6.10. The topological polar surface area (TPSA) is 42.0 Å². The van der Waals surface area contributed by atoms with Crippen molar-refractivity contribution < 1.29 is 9.18 Å². The van der Waals surface area contributed by atoms with Crippen LogP contribution in [0.3, 0.4) is 0 Å². The molecule has 2 heterocycles. The summed E-state index contributed by atoms with van der Waals surface area (Å²) in [6, 6.07) is 14.0. The maximum Gasteiger partial charge on any atom is 0.265 e. The average Bonchev–Trinajstić information content (AvgIpc) is 2.99. The molecule has 0 aliphatic rings. The van der Waals surface area contributed by atoms with Gasteiger partial charge >= 0.3 is 0 Å². The molecule has 0 aliphatic heterocycles. The quantitative estimate of drug-likeness (QED) is 0.484. The van der Waals surface area contributed by atoms with E-state index in [9.17, 15) is 9.18 Å². The van der Waals surface area contributed by atoms with E-state index in [0.717, 1.165) is 26.7 Å². The second-order valence-electron chi connectivity index (χ2n) is 5.77. The monoisotopic (exact) mass is 370 g/mol. The van der Waals surface area contributed by atoms with Gasteiger partial charge in [0.1, 0.15) is 10.6 Å². The number of nitrogens with zero attached hydrogens (tertiary/aromatic N) is 1. The van der Waals surface area contributed by atoms with Crippen molar-refractivity contribution in [2.45, 2.75) is 6.92 Å². The van der Waals surface area contributed by atoms with Crippen molar-refractivity contribution in [3.63, 3.8) is 0 Å². The van der Waals surface area contributed by atoms with Crippen LogP contribution >= 0.6 is 22.9 Å². The molecule has 4 aromatic rings. The lowest BCUT2D eigenvalue weighted by atomic mass is 10.1. The number of benzene rings is 2. The van der Waals surface area contributed by atoms with Gasteiger partial charge in [-0.2, -0.15) is 0 Å². The summed E-state index contributed by atoms with van der Waals surface area (Å²) in [5.74, 6) is -0.793. The number of aromatic nitrogens is 1. The van der Waals surface area contributed by atoms with E-state index in [4.69, 9.17) is 11.6 Å². The molecule has 25 heavy (non-hydrogen) atoms. The predicted molar refractivity (Wildman–Crippen MR) is 101 cm³/mol. The van der Waals surface area contributed by atoms with Crippen LogP contribution in [-0.4, -0.2) is 10.9 Å². The standard InChI is InChI=1S/C19H12ClFN2OS/c1-10-2-3-11-7-12-8-17(25-19(12)23-16(11)6-10)18(24)22-13-4-5-15(21)14(20)9-13/h2-9H,1H3,(H,22,24). The smallest absolute Gasteiger partial charge is 0.265 e. The van der Waals surface area contributed by atoms with Gasteiger partial charge in [-0.15, -0.1) is 11.3 Å². The van der Waals surface area contributed by atoms with Gasteiger partial charge in [0.15, 0.2) is 0 Å². The lowest BCUT2D eigenvalue weighted by Gasteiger charge is -2.04. The number of nitrogens with one attached hydrogen (secondary N) is 1. The molecule has 0 radical (unpaired) electrons. The summed E-state index contributed by atoms with van der Waals surface area (Å²) in [6.45, 7) is 2.02. The average molecular weight is 371 g/mol. The van der Waals surface area contributed by atoms with E-state index in [-0.39, 0.29) is 10.9 Å². The summed E-state index contributed by atoms with van der Waals surface area (Å²) in [7, 11) is 0. The molecule has 2 aromatic heterocycles. The molecular formula is C19H12ClFN2OS. The van der Waals surface area contributed by atoms with Crippen LogP contribution in [0.2, 0.25) is 5.02 Å². The molecule has 0 unspecified atom stereocenters. The van der Waals surface area contributed by atoms with Gasteiger partial charge in [0.25, 0.3) is 5.91 Å². The fraction of sp³-hybridized carbons (Fsp3) is 0.0526. The van der Waals surface area contributed by atoms with Gasteiger partial charge in [0.05, 0.1) is 15.4 Å². The Bertz CT molecular complexity index is 1140. The number of halogens is 2. The van der Waals surface area contributed by atoms with E-state index in [1.807, 2.05) is 37.3 Å². The van der Waals surface area contributed by atoms with Crippen LogP contribution in [-0.2, 0) is 0 Å². The number of pyridine rings is 1. The molecule has 2 aromatic carbocycles. The van der Waals surface area contributed by atoms with Crippen LogP contribution in [0.5, 0.6) is 0 Å². The number of carbonyl (C=O) groups excluding carboxylic acids is 1. The first kappa shape index (κ1) is 16.0. The van der Waals surface area contributed by atoms with Gasteiger partial charge in [0.2, 0.25) is 0 Å². The van der Waals surface area contributed by atoms with Gasteiger partial charge < -0.3 is 5.32 Å². The predicted octanol–water partition coefficient (Wildman–Crippen LogP) is 5.80. The van der Waals surface area contributed by atoms with E-state index < -0.39 is 5.82 Å². The maximum absolute atomic E-state index is 13.2.